The summed E-state index contributed by atoms with van der Waals surface area (Å²) in [5.41, 5.74) is 8.27. The molecule has 0 radical (unpaired) electrons. The Morgan fingerprint density at radius 3 is 2.19 bits per heavy atom. The van der Waals surface area contributed by atoms with E-state index in [1.807, 2.05) is 75.4 Å². The first kappa shape index (κ1) is 25.6. The smallest absolute Gasteiger partial charge is 0.332 e. The van der Waals surface area contributed by atoms with E-state index < -0.39 is 11.2 Å². The molecule has 0 aliphatic carbocycles. The van der Waals surface area contributed by atoms with Gasteiger partial charge in [-0.05, 0) is 46.4 Å². The van der Waals surface area contributed by atoms with Crippen molar-refractivity contribution in [1.82, 2.24) is 14.1 Å². The van der Waals surface area contributed by atoms with Crippen LogP contribution in [0.1, 0.15) is 31.9 Å². The van der Waals surface area contributed by atoms with Gasteiger partial charge < -0.3 is 10.5 Å². The van der Waals surface area contributed by atoms with Crippen LogP contribution in [0.25, 0.3) is 11.1 Å². The summed E-state index contributed by atoms with van der Waals surface area (Å²) in [6.07, 6.45) is 3.51. The van der Waals surface area contributed by atoms with Gasteiger partial charge in [0, 0.05) is 26.0 Å². The van der Waals surface area contributed by atoms with E-state index in [1.165, 1.54) is 11.6 Å². The summed E-state index contributed by atoms with van der Waals surface area (Å²) in [6, 6.07) is 20.9. The van der Waals surface area contributed by atoms with Crippen molar-refractivity contribution in [2.45, 2.75) is 33.9 Å². The molecule has 4 aromatic rings. The average Bonchev–Trinajstić information content (AvgIpc) is 2.89. The van der Waals surface area contributed by atoms with Crippen molar-refractivity contribution in [1.29, 1.82) is 0 Å². The molecule has 8 nitrogen and oxygen atoms in total. The topological polar surface area (TPSA) is 104 Å². The van der Waals surface area contributed by atoms with E-state index in [2.05, 4.69) is 9.98 Å². The van der Waals surface area contributed by atoms with E-state index >= 15 is 0 Å². The molecular formula is C29H31N5O3. The van der Waals surface area contributed by atoms with Crippen LogP contribution in [-0.2, 0) is 20.1 Å². The molecule has 0 aliphatic heterocycles. The molecule has 2 aromatic carbocycles. The second-order valence-corrected chi connectivity index (χ2v) is 10.0. The van der Waals surface area contributed by atoms with Crippen molar-refractivity contribution in [3.05, 3.63) is 111 Å². The zero-order valence-corrected chi connectivity index (χ0v) is 21.5. The molecule has 8 heteroatoms. The lowest BCUT2D eigenvalue weighted by Gasteiger charge is -2.23. The van der Waals surface area contributed by atoms with Crippen molar-refractivity contribution in [3.63, 3.8) is 0 Å². The zero-order chi connectivity index (χ0) is 26.6. The highest BCUT2D eigenvalue weighted by atomic mass is 16.5. The van der Waals surface area contributed by atoms with E-state index in [9.17, 15) is 9.59 Å². The molecule has 4 rings (SSSR count). The molecule has 0 unspecified atom stereocenters. The van der Waals surface area contributed by atoms with E-state index in [1.54, 1.807) is 24.5 Å². The number of hydrogen-bond acceptors (Lipinski definition) is 6. The first-order chi connectivity index (χ1) is 17.6. The predicted octanol–water partition coefficient (Wildman–Crippen LogP) is 4.26. The summed E-state index contributed by atoms with van der Waals surface area (Å²) in [5.74, 6) is 0.597. The maximum atomic E-state index is 13.3. The van der Waals surface area contributed by atoms with Crippen LogP contribution in [0.3, 0.4) is 0 Å². The lowest BCUT2D eigenvalue weighted by molar-refractivity contribution is 0.334. The van der Waals surface area contributed by atoms with Gasteiger partial charge in [0.15, 0.2) is 0 Å². The Kier molecular flexibility index (Phi) is 7.38. The van der Waals surface area contributed by atoms with Crippen LogP contribution >= 0.6 is 0 Å². The Labute approximate surface area is 215 Å². The molecule has 0 fully saturated rings. The normalized spacial score (nSPS) is 11.9. The van der Waals surface area contributed by atoms with Crippen molar-refractivity contribution in [2.24, 2.45) is 17.5 Å². The third kappa shape index (κ3) is 6.03. The number of aliphatic imine (C=N–C) groups is 1. The molecular weight excluding hydrogens is 466 g/mol. The number of rotatable bonds is 6. The zero-order valence-electron chi connectivity index (χ0n) is 21.5. The Morgan fingerprint density at radius 1 is 0.946 bits per heavy atom. The van der Waals surface area contributed by atoms with Gasteiger partial charge in [0.05, 0.1) is 6.54 Å². The number of aromatic nitrogens is 3. The van der Waals surface area contributed by atoms with Gasteiger partial charge in [0.25, 0.3) is 5.56 Å². The van der Waals surface area contributed by atoms with Crippen LogP contribution in [0.5, 0.6) is 5.75 Å². The number of nitrogens with zero attached hydrogens (tertiary/aromatic N) is 4. The van der Waals surface area contributed by atoms with Gasteiger partial charge in [0.2, 0.25) is 5.90 Å². The third-order valence-corrected chi connectivity index (χ3v) is 5.76. The average molecular weight is 498 g/mol. The maximum absolute atomic E-state index is 13.3. The quantitative estimate of drug-likeness (QED) is 0.317. The largest absolute Gasteiger partial charge is 0.438 e. The van der Waals surface area contributed by atoms with Crippen LogP contribution in [0.4, 0.5) is 5.82 Å². The number of nitrogens with two attached hydrogens (primary N) is 1. The van der Waals surface area contributed by atoms with Gasteiger partial charge >= 0.3 is 5.69 Å². The molecule has 0 amide bonds. The van der Waals surface area contributed by atoms with Crippen LogP contribution in [0.15, 0.2) is 93.7 Å². The summed E-state index contributed by atoms with van der Waals surface area (Å²) in [7, 11) is 1.44. The Morgan fingerprint density at radius 2 is 1.57 bits per heavy atom. The first-order valence-electron chi connectivity index (χ1n) is 12.0. The van der Waals surface area contributed by atoms with Crippen molar-refractivity contribution >= 4 is 11.7 Å². The highest BCUT2D eigenvalue weighted by Gasteiger charge is 2.24. The lowest BCUT2D eigenvalue weighted by atomic mass is 9.97. The highest BCUT2D eigenvalue weighted by molar-refractivity contribution is 5.99. The summed E-state index contributed by atoms with van der Waals surface area (Å²) in [6.45, 7) is 6.56. The minimum atomic E-state index is -0.560. The Hall–Kier alpha value is -4.46. The fourth-order valence-corrected chi connectivity index (χ4v) is 3.88. The van der Waals surface area contributed by atoms with Crippen LogP contribution in [-0.4, -0.2) is 20.0 Å². The molecule has 2 N–H and O–H groups in total. The number of pyridine rings is 1. The second-order valence-electron chi connectivity index (χ2n) is 10.0. The number of benzene rings is 2. The van der Waals surface area contributed by atoms with Gasteiger partial charge in [-0.3, -0.25) is 18.9 Å². The van der Waals surface area contributed by atoms with Crippen molar-refractivity contribution in [3.8, 4) is 16.9 Å². The molecule has 2 heterocycles. The maximum Gasteiger partial charge on any atom is 0.332 e. The number of ether oxygens (including phenoxy) is 1. The number of hydrogen-bond donors (Lipinski definition) is 1. The SMILES string of the molecule is Cn1c(=O)c(C(=NCc2ccc(-c3ccncc3)cc2)Oc2ccccc2)c(N)n(CC(C)(C)C)c1=O. The second kappa shape index (κ2) is 10.7. The summed E-state index contributed by atoms with van der Waals surface area (Å²) < 4.78 is 8.54. The van der Waals surface area contributed by atoms with Crippen molar-refractivity contribution < 1.29 is 4.74 Å². The molecule has 0 spiro atoms. The number of para-hydroxylation sites is 1. The molecule has 2 aromatic heterocycles. The fraction of sp³-hybridized carbons (Fsp3) is 0.241. The predicted molar refractivity (Wildman–Crippen MR) is 147 cm³/mol. The Balaban J connectivity index is 1.77. The van der Waals surface area contributed by atoms with Crippen LogP contribution < -0.4 is 21.7 Å². The third-order valence-electron chi connectivity index (χ3n) is 5.76. The molecule has 190 valence electrons. The minimum Gasteiger partial charge on any atom is -0.438 e. The molecule has 0 atom stereocenters. The fourth-order valence-electron chi connectivity index (χ4n) is 3.88. The van der Waals surface area contributed by atoms with E-state index in [0.29, 0.717) is 12.3 Å². The summed E-state index contributed by atoms with van der Waals surface area (Å²) >= 11 is 0. The van der Waals surface area contributed by atoms with Gasteiger partial charge in [-0.25, -0.2) is 9.79 Å². The van der Waals surface area contributed by atoms with E-state index in [0.717, 1.165) is 21.3 Å². The monoisotopic (exact) mass is 497 g/mol. The van der Waals surface area contributed by atoms with E-state index in [-0.39, 0.29) is 29.2 Å². The van der Waals surface area contributed by atoms with Crippen LogP contribution in [0.2, 0.25) is 0 Å². The molecule has 0 saturated carbocycles. The van der Waals surface area contributed by atoms with Gasteiger partial charge in [-0.2, -0.15) is 0 Å². The van der Waals surface area contributed by atoms with Crippen molar-refractivity contribution in [2.75, 3.05) is 5.73 Å². The van der Waals surface area contributed by atoms with Gasteiger partial charge in [-0.15, -0.1) is 0 Å². The van der Waals surface area contributed by atoms with Gasteiger partial charge in [-0.1, -0.05) is 63.2 Å². The molecule has 0 saturated heterocycles. The molecule has 37 heavy (non-hydrogen) atoms. The molecule has 0 aliphatic rings. The first-order valence-corrected chi connectivity index (χ1v) is 12.0. The highest BCUT2D eigenvalue weighted by Crippen LogP contribution is 2.21. The van der Waals surface area contributed by atoms with Crippen LogP contribution in [0, 0.1) is 5.41 Å². The number of anilines is 1. The summed E-state index contributed by atoms with van der Waals surface area (Å²) in [4.78, 5) is 34.9. The van der Waals surface area contributed by atoms with Gasteiger partial charge in [0.1, 0.15) is 17.1 Å². The minimum absolute atomic E-state index is 0.0331. The van der Waals surface area contributed by atoms with E-state index in [4.69, 9.17) is 10.5 Å². The Bertz CT molecular complexity index is 1520. The molecule has 0 bridgehead atoms. The summed E-state index contributed by atoms with van der Waals surface area (Å²) in [5, 5.41) is 0. The standard InChI is InChI=1S/C29H31N5O3/c1-29(2,3)19-34-25(30)24(27(35)33(4)28(34)36)26(37-23-8-6-5-7-9-23)32-18-20-10-12-21(13-11-20)22-14-16-31-17-15-22/h5-17H,18-19,30H2,1-4H3. The lowest BCUT2D eigenvalue weighted by Crippen LogP contribution is -2.44. The number of nitrogen functional groups attached to an aromatic ring is 1.